The van der Waals surface area contributed by atoms with Crippen LogP contribution in [-0.4, -0.2) is 19.8 Å². The second kappa shape index (κ2) is 6.67. The van der Waals surface area contributed by atoms with E-state index < -0.39 is 11.6 Å². The summed E-state index contributed by atoms with van der Waals surface area (Å²) in [6.07, 6.45) is 0.780. The minimum Gasteiger partial charge on any atom is -0.382 e. The van der Waals surface area contributed by atoms with Crippen molar-refractivity contribution in [2.45, 2.75) is 32.4 Å². The predicted octanol–water partition coefficient (Wildman–Crippen LogP) is 3.04. The highest BCUT2D eigenvalue weighted by atomic mass is 19.2. The van der Waals surface area contributed by atoms with Crippen molar-refractivity contribution in [1.82, 2.24) is 5.32 Å². The lowest BCUT2D eigenvalue weighted by Crippen LogP contribution is -2.25. The van der Waals surface area contributed by atoms with Gasteiger partial charge < -0.3 is 10.1 Å². The lowest BCUT2D eigenvalue weighted by molar-refractivity contribution is 0.101. The van der Waals surface area contributed by atoms with E-state index in [9.17, 15) is 8.78 Å². The van der Waals surface area contributed by atoms with Gasteiger partial charge in [0.2, 0.25) is 0 Å². The van der Waals surface area contributed by atoms with Crippen molar-refractivity contribution >= 4 is 0 Å². The van der Waals surface area contributed by atoms with E-state index >= 15 is 0 Å². The topological polar surface area (TPSA) is 21.3 Å². The molecule has 1 aromatic rings. The summed E-state index contributed by atoms with van der Waals surface area (Å²) in [5.41, 5.74) is 0.745. The fraction of sp³-hybridized carbons (Fsp3) is 0.538. The van der Waals surface area contributed by atoms with Crippen molar-refractivity contribution < 1.29 is 13.5 Å². The van der Waals surface area contributed by atoms with Gasteiger partial charge in [-0.2, -0.15) is 0 Å². The van der Waals surface area contributed by atoms with Crippen molar-refractivity contribution in [3.05, 3.63) is 35.4 Å². The van der Waals surface area contributed by atoms with E-state index in [1.165, 1.54) is 6.07 Å². The van der Waals surface area contributed by atoms with Crippen LogP contribution in [0.25, 0.3) is 0 Å². The third-order valence-electron chi connectivity index (χ3n) is 2.77. The minimum absolute atomic E-state index is 0.0231. The molecule has 17 heavy (non-hydrogen) atoms. The summed E-state index contributed by atoms with van der Waals surface area (Å²) in [6, 6.07) is 3.98. The van der Waals surface area contributed by atoms with Crippen LogP contribution < -0.4 is 5.32 Å². The van der Waals surface area contributed by atoms with Crippen molar-refractivity contribution in [2.75, 3.05) is 13.7 Å². The molecule has 0 aromatic heterocycles. The van der Waals surface area contributed by atoms with Crippen LogP contribution in [0, 0.1) is 11.6 Å². The van der Waals surface area contributed by atoms with Gasteiger partial charge in [-0.05, 0) is 37.6 Å². The van der Waals surface area contributed by atoms with Crippen molar-refractivity contribution in [3.8, 4) is 0 Å². The second-order valence-corrected chi connectivity index (χ2v) is 4.07. The molecule has 2 nitrogen and oxygen atoms in total. The van der Waals surface area contributed by atoms with Gasteiger partial charge >= 0.3 is 0 Å². The number of hydrogen-bond acceptors (Lipinski definition) is 2. The Hall–Kier alpha value is -1.00. The number of hydrogen-bond donors (Lipinski definition) is 1. The monoisotopic (exact) mass is 243 g/mol. The molecular weight excluding hydrogens is 224 g/mol. The fourth-order valence-electron chi connectivity index (χ4n) is 1.74. The van der Waals surface area contributed by atoms with Gasteiger partial charge in [0.1, 0.15) is 0 Å². The molecule has 2 unspecified atom stereocenters. The van der Waals surface area contributed by atoms with Crippen molar-refractivity contribution in [1.29, 1.82) is 0 Å². The average molecular weight is 243 g/mol. The van der Waals surface area contributed by atoms with Gasteiger partial charge in [-0.1, -0.05) is 13.0 Å². The van der Waals surface area contributed by atoms with E-state index in [4.69, 9.17) is 4.74 Å². The SMILES string of the molecule is CCNC(CC(C)OC)c1ccc(F)c(F)c1. The highest BCUT2D eigenvalue weighted by Gasteiger charge is 2.15. The first-order valence-electron chi connectivity index (χ1n) is 5.79. The van der Waals surface area contributed by atoms with Crippen LogP contribution in [0.1, 0.15) is 31.9 Å². The first-order chi connectivity index (χ1) is 8.08. The molecule has 0 aliphatic rings. The molecule has 0 fully saturated rings. The molecule has 4 heteroatoms. The molecule has 96 valence electrons. The summed E-state index contributed by atoms with van der Waals surface area (Å²) in [6.45, 7) is 4.69. The van der Waals surface area contributed by atoms with Crippen LogP contribution in [0.15, 0.2) is 18.2 Å². The van der Waals surface area contributed by atoms with E-state index in [1.54, 1.807) is 13.2 Å². The largest absolute Gasteiger partial charge is 0.382 e. The van der Waals surface area contributed by atoms with Gasteiger partial charge in [0.15, 0.2) is 11.6 Å². The summed E-state index contributed by atoms with van der Waals surface area (Å²) >= 11 is 0. The zero-order valence-electron chi connectivity index (χ0n) is 10.5. The highest BCUT2D eigenvalue weighted by Crippen LogP contribution is 2.21. The molecule has 0 amide bonds. The Balaban J connectivity index is 2.84. The van der Waals surface area contributed by atoms with Crippen molar-refractivity contribution in [2.24, 2.45) is 0 Å². The van der Waals surface area contributed by atoms with Gasteiger partial charge in [-0.15, -0.1) is 0 Å². The molecule has 0 bridgehead atoms. The van der Waals surface area contributed by atoms with Crippen LogP contribution in [0.2, 0.25) is 0 Å². The third-order valence-corrected chi connectivity index (χ3v) is 2.77. The molecule has 0 saturated heterocycles. The third kappa shape index (κ3) is 4.06. The molecule has 0 heterocycles. The van der Waals surface area contributed by atoms with E-state index in [-0.39, 0.29) is 12.1 Å². The molecule has 2 atom stereocenters. The minimum atomic E-state index is -0.816. The van der Waals surface area contributed by atoms with Gasteiger partial charge in [0.25, 0.3) is 0 Å². The van der Waals surface area contributed by atoms with Crippen molar-refractivity contribution in [3.63, 3.8) is 0 Å². The predicted molar refractivity (Wildman–Crippen MR) is 63.9 cm³/mol. The lowest BCUT2D eigenvalue weighted by Gasteiger charge is -2.21. The van der Waals surface area contributed by atoms with Crippen LogP contribution in [-0.2, 0) is 4.74 Å². The molecule has 1 rings (SSSR count). The zero-order chi connectivity index (χ0) is 12.8. The molecule has 1 aromatic carbocycles. The maximum atomic E-state index is 13.2. The maximum absolute atomic E-state index is 13.2. The van der Waals surface area contributed by atoms with Crippen LogP contribution >= 0.6 is 0 Å². The molecular formula is C13H19F2NO. The molecule has 0 aliphatic carbocycles. The van der Waals surface area contributed by atoms with E-state index in [1.807, 2.05) is 13.8 Å². The fourth-order valence-corrected chi connectivity index (χ4v) is 1.74. The van der Waals surface area contributed by atoms with Crippen LogP contribution in [0.3, 0.4) is 0 Å². The number of nitrogens with one attached hydrogen (secondary N) is 1. The van der Waals surface area contributed by atoms with E-state index in [0.29, 0.717) is 0 Å². The lowest BCUT2D eigenvalue weighted by atomic mass is 10.0. The quantitative estimate of drug-likeness (QED) is 0.829. The average Bonchev–Trinajstić information content (AvgIpc) is 2.32. The normalized spacial score (nSPS) is 14.6. The zero-order valence-corrected chi connectivity index (χ0v) is 10.5. The highest BCUT2D eigenvalue weighted by molar-refractivity contribution is 5.21. The number of halogens is 2. The number of methoxy groups -OCH3 is 1. The Morgan fingerprint density at radius 1 is 1.29 bits per heavy atom. The Bertz CT molecular complexity index is 357. The Labute approximate surface area is 101 Å². The molecule has 0 saturated carbocycles. The summed E-state index contributed by atoms with van der Waals surface area (Å²) in [7, 11) is 1.64. The van der Waals surface area contributed by atoms with E-state index in [2.05, 4.69) is 5.32 Å². The summed E-state index contributed by atoms with van der Waals surface area (Å²) in [5.74, 6) is -1.63. The standard InChI is InChI=1S/C13H19F2NO/c1-4-16-13(7-9(2)17-3)10-5-6-11(14)12(15)8-10/h5-6,8-9,13,16H,4,7H2,1-3H3. The Morgan fingerprint density at radius 3 is 2.53 bits per heavy atom. The molecule has 0 radical (unpaired) electrons. The summed E-state index contributed by atoms with van der Waals surface area (Å²) in [5, 5.41) is 3.24. The smallest absolute Gasteiger partial charge is 0.159 e. The van der Waals surface area contributed by atoms with Gasteiger partial charge in [-0.3, -0.25) is 0 Å². The Kier molecular flexibility index (Phi) is 5.51. The number of ether oxygens (including phenoxy) is 1. The first-order valence-corrected chi connectivity index (χ1v) is 5.79. The maximum Gasteiger partial charge on any atom is 0.159 e. The molecule has 0 spiro atoms. The van der Waals surface area contributed by atoms with Gasteiger partial charge in [-0.25, -0.2) is 8.78 Å². The first kappa shape index (κ1) is 14.1. The Morgan fingerprint density at radius 2 is 2.00 bits per heavy atom. The van der Waals surface area contributed by atoms with Crippen LogP contribution in [0.4, 0.5) is 8.78 Å². The second-order valence-electron chi connectivity index (χ2n) is 4.07. The van der Waals surface area contributed by atoms with Crippen LogP contribution in [0.5, 0.6) is 0 Å². The van der Waals surface area contributed by atoms with E-state index in [0.717, 1.165) is 24.6 Å². The number of rotatable bonds is 6. The summed E-state index contributed by atoms with van der Waals surface area (Å²) in [4.78, 5) is 0. The van der Waals surface area contributed by atoms with Gasteiger partial charge in [0, 0.05) is 13.2 Å². The summed E-state index contributed by atoms with van der Waals surface area (Å²) < 4.78 is 31.2. The number of benzene rings is 1. The molecule has 0 aliphatic heterocycles. The van der Waals surface area contributed by atoms with Gasteiger partial charge in [0.05, 0.1) is 6.10 Å². The molecule has 1 N–H and O–H groups in total.